The number of nitrogen functional groups attached to an aromatic ring is 1. The first-order chi connectivity index (χ1) is 9.16. The SMILES string of the molecule is Cc1cnc(N)nc1NCCSCc1nc[nH]c1C. The van der Waals surface area contributed by atoms with E-state index in [0.29, 0.717) is 5.95 Å². The molecule has 2 aromatic heterocycles. The Balaban J connectivity index is 1.72. The predicted octanol–water partition coefficient (Wildman–Crippen LogP) is 1.74. The molecular weight excluding hydrogens is 260 g/mol. The van der Waals surface area contributed by atoms with E-state index >= 15 is 0 Å². The van der Waals surface area contributed by atoms with Gasteiger partial charge in [-0.15, -0.1) is 0 Å². The minimum absolute atomic E-state index is 0.299. The van der Waals surface area contributed by atoms with Crippen molar-refractivity contribution in [1.82, 2.24) is 19.9 Å². The van der Waals surface area contributed by atoms with Gasteiger partial charge in [0.25, 0.3) is 0 Å². The van der Waals surface area contributed by atoms with Gasteiger partial charge in [-0.25, -0.2) is 9.97 Å². The maximum atomic E-state index is 5.56. The molecule has 0 radical (unpaired) electrons. The smallest absolute Gasteiger partial charge is 0.221 e. The summed E-state index contributed by atoms with van der Waals surface area (Å²) in [6.45, 7) is 4.83. The molecular formula is C12H18N6S. The first-order valence-corrected chi connectivity index (χ1v) is 7.22. The van der Waals surface area contributed by atoms with Crippen LogP contribution in [-0.2, 0) is 5.75 Å². The number of H-pyrrole nitrogens is 1. The van der Waals surface area contributed by atoms with Gasteiger partial charge in [0, 0.05) is 35.5 Å². The summed E-state index contributed by atoms with van der Waals surface area (Å²) in [4.78, 5) is 15.4. The maximum absolute atomic E-state index is 5.56. The highest BCUT2D eigenvalue weighted by Crippen LogP contribution is 2.14. The number of nitrogens with zero attached hydrogens (tertiary/aromatic N) is 3. The van der Waals surface area contributed by atoms with E-state index in [-0.39, 0.29) is 0 Å². The van der Waals surface area contributed by atoms with Crippen molar-refractivity contribution in [3.63, 3.8) is 0 Å². The molecule has 0 saturated heterocycles. The van der Waals surface area contributed by atoms with E-state index in [4.69, 9.17) is 5.73 Å². The van der Waals surface area contributed by atoms with Crippen LogP contribution >= 0.6 is 11.8 Å². The Kier molecular flexibility index (Phi) is 4.62. The summed E-state index contributed by atoms with van der Waals surface area (Å²) >= 11 is 1.83. The Bertz CT molecular complexity index is 539. The third-order valence-corrected chi connectivity index (χ3v) is 3.67. The Morgan fingerprint density at radius 1 is 1.37 bits per heavy atom. The quantitative estimate of drug-likeness (QED) is 0.697. The van der Waals surface area contributed by atoms with E-state index in [0.717, 1.165) is 40.8 Å². The van der Waals surface area contributed by atoms with E-state index in [1.807, 2.05) is 25.6 Å². The number of thioether (sulfide) groups is 1. The van der Waals surface area contributed by atoms with Crippen LogP contribution in [-0.4, -0.2) is 32.2 Å². The Labute approximate surface area is 116 Å². The van der Waals surface area contributed by atoms with Crippen LogP contribution in [0.15, 0.2) is 12.5 Å². The molecule has 0 amide bonds. The molecule has 4 N–H and O–H groups in total. The van der Waals surface area contributed by atoms with Crippen molar-refractivity contribution in [2.45, 2.75) is 19.6 Å². The Morgan fingerprint density at radius 3 is 2.95 bits per heavy atom. The average Bonchev–Trinajstić information content (AvgIpc) is 2.79. The standard InChI is InChI=1S/C12H18N6S/c1-8-5-15-12(13)18-11(8)14-3-4-19-6-10-9(2)16-7-17-10/h5,7H,3-4,6H2,1-2H3,(H,16,17)(H3,13,14,15,18). The first kappa shape index (κ1) is 13.7. The number of imidazole rings is 1. The van der Waals surface area contributed by atoms with Crippen LogP contribution in [0.5, 0.6) is 0 Å². The lowest BCUT2D eigenvalue weighted by Gasteiger charge is -2.08. The van der Waals surface area contributed by atoms with E-state index < -0.39 is 0 Å². The molecule has 2 rings (SSSR count). The van der Waals surface area contributed by atoms with Crippen LogP contribution in [0.2, 0.25) is 0 Å². The van der Waals surface area contributed by atoms with E-state index in [1.165, 1.54) is 0 Å². The zero-order chi connectivity index (χ0) is 13.7. The number of aryl methyl sites for hydroxylation is 2. The van der Waals surface area contributed by atoms with Crippen molar-refractivity contribution in [2.75, 3.05) is 23.3 Å². The molecule has 0 spiro atoms. The van der Waals surface area contributed by atoms with Crippen molar-refractivity contribution in [3.05, 3.63) is 29.5 Å². The molecule has 0 saturated carbocycles. The number of aromatic nitrogens is 4. The fraction of sp³-hybridized carbons (Fsp3) is 0.417. The molecule has 0 aliphatic heterocycles. The van der Waals surface area contributed by atoms with Gasteiger partial charge in [-0.2, -0.15) is 16.7 Å². The molecule has 19 heavy (non-hydrogen) atoms. The molecule has 2 aromatic rings. The van der Waals surface area contributed by atoms with Crippen molar-refractivity contribution in [1.29, 1.82) is 0 Å². The van der Waals surface area contributed by atoms with Crippen molar-refractivity contribution in [2.24, 2.45) is 0 Å². The van der Waals surface area contributed by atoms with Crippen molar-refractivity contribution >= 4 is 23.5 Å². The summed E-state index contributed by atoms with van der Waals surface area (Å²) in [6, 6.07) is 0. The number of nitrogens with two attached hydrogens (primary N) is 1. The van der Waals surface area contributed by atoms with E-state index in [2.05, 4.69) is 25.3 Å². The molecule has 0 bridgehead atoms. The first-order valence-electron chi connectivity index (χ1n) is 6.06. The topological polar surface area (TPSA) is 92.5 Å². The number of rotatable bonds is 6. The molecule has 102 valence electrons. The van der Waals surface area contributed by atoms with Crippen LogP contribution in [0, 0.1) is 13.8 Å². The highest BCUT2D eigenvalue weighted by atomic mass is 32.2. The summed E-state index contributed by atoms with van der Waals surface area (Å²) in [5.74, 6) is 3.01. The van der Waals surface area contributed by atoms with E-state index in [9.17, 15) is 0 Å². The minimum Gasteiger partial charge on any atom is -0.369 e. The lowest BCUT2D eigenvalue weighted by atomic mass is 10.3. The molecule has 0 unspecified atom stereocenters. The predicted molar refractivity (Wildman–Crippen MR) is 79.2 cm³/mol. The van der Waals surface area contributed by atoms with Gasteiger partial charge in [0.1, 0.15) is 5.82 Å². The maximum Gasteiger partial charge on any atom is 0.221 e. The van der Waals surface area contributed by atoms with Crippen LogP contribution in [0.4, 0.5) is 11.8 Å². The monoisotopic (exact) mass is 278 g/mol. The van der Waals surface area contributed by atoms with Gasteiger partial charge in [-0.1, -0.05) is 0 Å². The third-order valence-electron chi connectivity index (χ3n) is 2.70. The molecule has 0 aliphatic carbocycles. The fourth-order valence-electron chi connectivity index (χ4n) is 1.58. The minimum atomic E-state index is 0.299. The molecule has 6 nitrogen and oxygen atoms in total. The summed E-state index contributed by atoms with van der Waals surface area (Å²) < 4.78 is 0. The van der Waals surface area contributed by atoms with Gasteiger partial charge in [0.2, 0.25) is 5.95 Å². The van der Waals surface area contributed by atoms with Crippen molar-refractivity contribution in [3.8, 4) is 0 Å². The number of hydrogen-bond donors (Lipinski definition) is 3. The van der Waals surface area contributed by atoms with Crippen LogP contribution in [0.25, 0.3) is 0 Å². The molecule has 0 aromatic carbocycles. The van der Waals surface area contributed by atoms with Gasteiger partial charge in [0.15, 0.2) is 0 Å². The fourth-order valence-corrected chi connectivity index (χ4v) is 2.45. The molecule has 0 fully saturated rings. The second-order valence-corrected chi connectivity index (χ2v) is 5.32. The molecule has 7 heteroatoms. The summed E-state index contributed by atoms with van der Waals surface area (Å²) in [5, 5.41) is 3.27. The van der Waals surface area contributed by atoms with Gasteiger partial charge < -0.3 is 16.0 Å². The van der Waals surface area contributed by atoms with Crippen LogP contribution in [0.3, 0.4) is 0 Å². The largest absolute Gasteiger partial charge is 0.369 e. The number of aromatic amines is 1. The Morgan fingerprint density at radius 2 is 2.21 bits per heavy atom. The number of hydrogen-bond acceptors (Lipinski definition) is 6. The zero-order valence-electron chi connectivity index (χ0n) is 11.1. The Hall–Kier alpha value is -1.76. The summed E-state index contributed by atoms with van der Waals surface area (Å²) in [6.07, 6.45) is 3.46. The zero-order valence-corrected chi connectivity index (χ0v) is 11.9. The van der Waals surface area contributed by atoms with E-state index in [1.54, 1.807) is 12.5 Å². The lowest BCUT2D eigenvalue weighted by Crippen LogP contribution is -2.09. The van der Waals surface area contributed by atoms with Crippen LogP contribution in [0.1, 0.15) is 17.0 Å². The van der Waals surface area contributed by atoms with Gasteiger partial charge in [-0.3, -0.25) is 0 Å². The summed E-state index contributed by atoms with van der Waals surface area (Å²) in [5.41, 5.74) is 8.82. The normalized spacial score (nSPS) is 10.6. The van der Waals surface area contributed by atoms with Gasteiger partial charge in [-0.05, 0) is 13.8 Å². The van der Waals surface area contributed by atoms with Crippen molar-refractivity contribution < 1.29 is 0 Å². The third kappa shape index (κ3) is 3.85. The van der Waals surface area contributed by atoms with Crippen LogP contribution < -0.4 is 11.1 Å². The molecule has 0 atom stereocenters. The second-order valence-electron chi connectivity index (χ2n) is 4.21. The van der Waals surface area contributed by atoms with Gasteiger partial charge >= 0.3 is 0 Å². The lowest BCUT2D eigenvalue weighted by molar-refractivity contribution is 1.10. The average molecular weight is 278 g/mol. The highest BCUT2D eigenvalue weighted by Gasteiger charge is 2.02. The van der Waals surface area contributed by atoms with Gasteiger partial charge in [0.05, 0.1) is 12.0 Å². The molecule has 0 aliphatic rings. The number of anilines is 2. The molecule has 2 heterocycles. The second kappa shape index (κ2) is 6.42. The number of nitrogens with one attached hydrogen (secondary N) is 2. The summed E-state index contributed by atoms with van der Waals surface area (Å²) in [7, 11) is 0. The highest BCUT2D eigenvalue weighted by molar-refractivity contribution is 7.98.